The van der Waals surface area contributed by atoms with Gasteiger partial charge in [-0.05, 0) is 60.9 Å². The van der Waals surface area contributed by atoms with Gasteiger partial charge in [-0.3, -0.25) is 0 Å². The van der Waals surface area contributed by atoms with Crippen LogP contribution in [0.25, 0.3) is 11.1 Å². The Balaban J connectivity index is 1.46. The normalized spacial score (nSPS) is 19.5. The number of hydrogen-bond acceptors (Lipinski definition) is 2. The molecule has 2 aromatic rings. The third-order valence-electron chi connectivity index (χ3n) is 5.87. The Morgan fingerprint density at radius 2 is 1.50 bits per heavy atom. The van der Waals surface area contributed by atoms with E-state index in [4.69, 9.17) is 9.47 Å². The van der Waals surface area contributed by atoms with Crippen molar-refractivity contribution in [2.75, 3.05) is 13.2 Å². The number of rotatable bonds is 10. The van der Waals surface area contributed by atoms with Gasteiger partial charge in [-0.15, -0.1) is 0 Å². The van der Waals surface area contributed by atoms with Crippen molar-refractivity contribution in [1.29, 1.82) is 0 Å². The summed E-state index contributed by atoms with van der Waals surface area (Å²) in [5.41, 5.74) is 3.78. The Hall–Kier alpha value is -1.80. The van der Waals surface area contributed by atoms with Gasteiger partial charge in [0.05, 0.1) is 19.3 Å². The first kappa shape index (κ1) is 20.9. The molecule has 3 rings (SSSR count). The van der Waals surface area contributed by atoms with E-state index in [2.05, 4.69) is 43.3 Å². The molecule has 0 amide bonds. The van der Waals surface area contributed by atoms with Crippen molar-refractivity contribution in [1.82, 2.24) is 0 Å². The monoisotopic (exact) mass is 380 g/mol. The minimum absolute atomic E-state index is 0.269. The van der Waals surface area contributed by atoms with Gasteiger partial charge in [-0.2, -0.15) is 0 Å². The van der Waals surface area contributed by atoms with Crippen molar-refractivity contribution in [2.24, 2.45) is 5.92 Å². The Bertz CT molecular complexity index is 667. The number of unbranched alkanes of at least 4 members (excludes halogenated alkanes) is 4. The highest BCUT2D eigenvalue weighted by Crippen LogP contribution is 2.34. The van der Waals surface area contributed by atoms with E-state index in [1.807, 2.05) is 19.1 Å². The van der Waals surface area contributed by atoms with Crippen LogP contribution in [-0.4, -0.2) is 13.2 Å². The second kappa shape index (κ2) is 11.3. The van der Waals surface area contributed by atoms with Gasteiger partial charge in [0.1, 0.15) is 5.75 Å². The molecule has 0 N–H and O–H groups in total. The quantitative estimate of drug-likeness (QED) is 0.395. The third kappa shape index (κ3) is 6.10. The molecule has 1 saturated heterocycles. The summed E-state index contributed by atoms with van der Waals surface area (Å²) >= 11 is 0. The SMILES string of the molecule is CCCCCCCC1CCC(c2ccc(-c3ccc(OCC)cc3)cc2)OC1. The minimum Gasteiger partial charge on any atom is -0.494 e. The zero-order chi connectivity index (χ0) is 19.6. The minimum atomic E-state index is 0.269. The van der Waals surface area contributed by atoms with Gasteiger partial charge in [0.25, 0.3) is 0 Å². The van der Waals surface area contributed by atoms with Crippen LogP contribution in [0.3, 0.4) is 0 Å². The molecule has 28 heavy (non-hydrogen) atoms. The summed E-state index contributed by atoms with van der Waals surface area (Å²) in [5, 5.41) is 0. The van der Waals surface area contributed by atoms with Crippen LogP contribution in [0.2, 0.25) is 0 Å². The van der Waals surface area contributed by atoms with Crippen LogP contribution in [0, 0.1) is 5.92 Å². The lowest BCUT2D eigenvalue weighted by molar-refractivity contribution is -0.0198. The maximum absolute atomic E-state index is 6.23. The summed E-state index contributed by atoms with van der Waals surface area (Å²) in [6, 6.07) is 17.2. The molecular formula is C26H36O2. The average Bonchev–Trinajstić information content (AvgIpc) is 2.75. The van der Waals surface area contributed by atoms with Crippen LogP contribution in [0.1, 0.15) is 76.9 Å². The molecule has 0 saturated carbocycles. The van der Waals surface area contributed by atoms with E-state index in [1.165, 1.54) is 61.6 Å². The molecule has 2 atom stereocenters. The third-order valence-corrected chi connectivity index (χ3v) is 5.87. The highest BCUT2D eigenvalue weighted by Gasteiger charge is 2.22. The predicted molar refractivity (Wildman–Crippen MR) is 118 cm³/mol. The lowest BCUT2D eigenvalue weighted by atomic mass is 9.90. The fraction of sp³-hybridized carbons (Fsp3) is 0.538. The summed E-state index contributed by atoms with van der Waals surface area (Å²) < 4.78 is 11.8. The Labute approximate surface area is 171 Å². The molecule has 1 aliphatic rings. The van der Waals surface area contributed by atoms with E-state index in [9.17, 15) is 0 Å². The molecule has 0 radical (unpaired) electrons. The Kier molecular flexibility index (Phi) is 8.42. The molecule has 0 aromatic heterocycles. The van der Waals surface area contributed by atoms with E-state index in [0.29, 0.717) is 6.61 Å². The molecule has 2 nitrogen and oxygen atoms in total. The second-order valence-corrected chi connectivity index (χ2v) is 8.05. The molecule has 0 bridgehead atoms. The van der Waals surface area contributed by atoms with Gasteiger partial charge < -0.3 is 9.47 Å². The number of ether oxygens (including phenoxy) is 2. The van der Waals surface area contributed by atoms with E-state index in [1.54, 1.807) is 0 Å². The highest BCUT2D eigenvalue weighted by molar-refractivity contribution is 5.64. The van der Waals surface area contributed by atoms with Crippen molar-refractivity contribution in [3.63, 3.8) is 0 Å². The number of hydrogen-bond donors (Lipinski definition) is 0. The van der Waals surface area contributed by atoms with Crippen LogP contribution >= 0.6 is 0 Å². The van der Waals surface area contributed by atoms with Crippen LogP contribution in [0.4, 0.5) is 0 Å². The Morgan fingerprint density at radius 1 is 0.821 bits per heavy atom. The summed E-state index contributed by atoms with van der Waals surface area (Å²) in [6.07, 6.45) is 10.9. The topological polar surface area (TPSA) is 18.5 Å². The van der Waals surface area contributed by atoms with Gasteiger partial charge in [-0.25, -0.2) is 0 Å². The van der Waals surface area contributed by atoms with Gasteiger partial charge >= 0.3 is 0 Å². The molecule has 2 heteroatoms. The van der Waals surface area contributed by atoms with E-state index in [0.717, 1.165) is 24.7 Å². The fourth-order valence-corrected chi connectivity index (χ4v) is 4.13. The first-order chi connectivity index (χ1) is 13.8. The maximum atomic E-state index is 6.23. The van der Waals surface area contributed by atoms with Crippen LogP contribution < -0.4 is 4.74 Å². The standard InChI is InChI=1S/C26H36O2/c1-3-5-6-7-8-9-21-10-19-26(28-20-21)24-13-11-22(12-14-24)23-15-17-25(18-16-23)27-4-2/h11-18,21,26H,3-10,19-20H2,1-2H3. The van der Waals surface area contributed by atoms with Gasteiger partial charge in [0.2, 0.25) is 0 Å². The van der Waals surface area contributed by atoms with E-state index in [-0.39, 0.29) is 6.10 Å². The molecule has 152 valence electrons. The van der Waals surface area contributed by atoms with Crippen LogP contribution in [-0.2, 0) is 4.74 Å². The largest absolute Gasteiger partial charge is 0.494 e. The van der Waals surface area contributed by atoms with Gasteiger partial charge in [0, 0.05) is 0 Å². The van der Waals surface area contributed by atoms with Crippen molar-refractivity contribution >= 4 is 0 Å². The fourth-order valence-electron chi connectivity index (χ4n) is 4.13. The molecule has 1 fully saturated rings. The Morgan fingerprint density at radius 3 is 2.11 bits per heavy atom. The van der Waals surface area contributed by atoms with Gasteiger partial charge in [-0.1, -0.05) is 75.4 Å². The van der Waals surface area contributed by atoms with E-state index >= 15 is 0 Å². The summed E-state index contributed by atoms with van der Waals surface area (Å²) in [7, 11) is 0. The van der Waals surface area contributed by atoms with Crippen molar-refractivity contribution < 1.29 is 9.47 Å². The smallest absolute Gasteiger partial charge is 0.119 e. The summed E-state index contributed by atoms with van der Waals surface area (Å²) in [5.74, 6) is 1.69. The van der Waals surface area contributed by atoms with Crippen LogP contribution in [0.5, 0.6) is 5.75 Å². The van der Waals surface area contributed by atoms with Crippen LogP contribution in [0.15, 0.2) is 48.5 Å². The molecular weight excluding hydrogens is 344 g/mol. The van der Waals surface area contributed by atoms with Crippen molar-refractivity contribution in [3.8, 4) is 16.9 Å². The summed E-state index contributed by atoms with van der Waals surface area (Å²) in [4.78, 5) is 0. The van der Waals surface area contributed by atoms with Crippen molar-refractivity contribution in [3.05, 3.63) is 54.1 Å². The lowest BCUT2D eigenvalue weighted by Gasteiger charge is -2.29. The molecule has 2 unspecified atom stereocenters. The first-order valence-corrected chi connectivity index (χ1v) is 11.2. The highest BCUT2D eigenvalue weighted by atomic mass is 16.5. The average molecular weight is 381 g/mol. The molecule has 1 heterocycles. The molecule has 0 aliphatic carbocycles. The molecule has 1 aliphatic heterocycles. The zero-order valence-electron chi connectivity index (χ0n) is 17.7. The molecule has 0 spiro atoms. The summed E-state index contributed by atoms with van der Waals surface area (Å²) in [6.45, 7) is 5.92. The van der Waals surface area contributed by atoms with Gasteiger partial charge in [0.15, 0.2) is 0 Å². The van der Waals surface area contributed by atoms with E-state index < -0.39 is 0 Å². The lowest BCUT2D eigenvalue weighted by Crippen LogP contribution is -2.20. The van der Waals surface area contributed by atoms with Crippen molar-refractivity contribution in [2.45, 2.75) is 71.3 Å². The zero-order valence-corrected chi connectivity index (χ0v) is 17.7. The predicted octanol–water partition coefficient (Wildman–Crippen LogP) is 7.58. The first-order valence-electron chi connectivity index (χ1n) is 11.2. The molecule has 2 aromatic carbocycles. The number of benzene rings is 2. The second-order valence-electron chi connectivity index (χ2n) is 8.05. The maximum Gasteiger partial charge on any atom is 0.119 e.